The standard InChI is InChI=1S/C23H28N2O4S/c1-23(2,3)30-16-19(22(28)29-15-17-10-6-4-7-11-17)25-20(26)14-24-21(27)18-12-8-5-9-13-18/h4-13,19H,14-16H2,1-3H3,(H,24,27)(H,25,26)/t19-/m0/s1. The Hall–Kier alpha value is -2.80. The molecule has 1 atom stereocenters. The van der Waals surface area contributed by atoms with Crippen LogP contribution >= 0.6 is 11.8 Å². The molecule has 0 spiro atoms. The largest absolute Gasteiger partial charge is 0.459 e. The average molecular weight is 429 g/mol. The van der Waals surface area contributed by atoms with Crippen molar-refractivity contribution in [3.8, 4) is 0 Å². The van der Waals surface area contributed by atoms with Gasteiger partial charge in [-0.3, -0.25) is 9.59 Å². The van der Waals surface area contributed by atoms with E-state index in [-0.39, 0.29) is 23.8 Å². The van der Waals surface area contributed by atoms with Crippen molar-refractivity contribution < 1.29 is 19.1 Å². The van der Waals surface area contributed by atoms with E-state index in [0.29, 0.717) is 11.3 Å². The minimum absolute atomic E-state index is 0.0792. The van der Waals surface area contributed by atoms with Crippen LogP contribution in [0.25, 0.3) is 0 Å². The topological polar surface area (TPSA) is 84.5 Å². The van der Waals surface area contributed by atoms with Crippen molar-refractivity contribution in [1.82, 2.24) is 10.6 Å². The van der Waals surface area contributed by atoms with Crippen molar-refractivity contribution >= 4 is 29.5 Å². The number of rotatable bonds is 9. The van der Waals surface area contributed by atoms with E-state index in [1.807, 2.05) is 57.2 Å². The first-order chi connectivity index (χ1) is 14.2. The molecule has 0 radical (unpaired) electrons. The van der Waals surface area contributed by atoms with Gasteiger partial charge < -0.3 is 15.4 Å². The second kappa shape index (κ2) is 11.4. The molecule has 2 aromatic carbocycles. The van der Waals surface area contributed by atoms with Gasteiger partial charge in [-0.05, 0) is 17.7 Å². The molecular weight excluding hydrogens is 400 g/mol. The number of amides is 2. The molecule has 2 rings (SSSR count). The highest BCUT2D eigenvalue weighted by Gasteiger charge is 2.25. The third-order valence-corrected chi connectivity index (χ3v) is 5.34. The quantitative estimate of drug-likeness (QED) is 0.600. The summed E-state index contributed by atoms with van der Waals surface area (Å²) in [6.45, 7) is 6.01. The highest BCUT2D eigenvalue weighted by atomic mass is 32.2. The van der Waals surface area contributed by atoms with E-state index in [4.69, 9.17) is 4.74 Å². The Kier molecular flexibility index (Phi) is 8.92. The Morgan fingerprint density at radius 2 is 1.57 bits per heavy atom. The molecule has 6 nitrogen and oxygen atoms in total. The van der Waals surface area contributed by atoms with E-state index in [2.05, 4.69) is 10.6 Å². The van der Waals surface area contributed by atoms with Crippen molar-refractivity contribution in [2.75, 3.05) is 12.3 Å². The fraction of sp³-hybridized carbons (Fsp3) is 0.348. The van der Waals surface area contributed by atoms with E-state index in [1.54, 1.807) is 36.0 Å². The van der Waals surface area contributed by atoms with Crippen molar-refractivity contribution in [1.29, 1.82) is 0 Å². The summed E-state index contributed by atoms with van der Waals surface area (Å²) < 4.78 is 5.32. The van der Waals surface area contributed by atoms with Crippen molar-refractivity contribution in [3.63, 3.8) is 0 Å². The van der Waals surface area contributed by atoms with E-state index in [0.717, 1.165) is 5.56 Å². The fourth-order valence-electron chi connectivity index (χ4n) is 2.43. The van der Waals surface area contributed by atoms with Crippen LogP contribution in [0.4, 0.5) is 0 Å². The van der Waals surface area contributed by atoms with Gasteiger partial charge in [-0.15, -0.1) is 0 Å². The molecule has 0 saturated heterocycles. The van der Waals surface area contributed by atoms with Crippen LogP contribution in [0.15, 0.2) is 60.7 Å². The maximum atomic E-state index is 12.6. The highest BCUT2D eigenvalue weighted by Crippen LogP contribution is 2.24. The predicted molar refractivity (Wildman–Crippen MR) is 119 cm³/mol. The Bertz CT molecular complexity index is 835. The second-order valence-electron chi connectivity index (χ2n) is 7.69. The van der Waals surface area contributed by atoms with Crippen LogP contribution in [0.5, 0.6) is 0 Å². The Labute approximate surface area is 181 Å². The lowest BCUT2D eigenvalue weighted by Crippen LogP contribution is -2.47. The molecule has 0 aliphatic heterocycles. The summed E-state index contributed by atoms with van der Waals surface area (Å²) in [5, 5.41) is 5.25. The minimum atomic E-state index is -0.806. The molecule has 0 saturated carbocycles. The molecular formula is C23H28N2O4S. The number of ether oxygens (including phenoxy) is 1. The van der Waals surface area contributed by atoms with Crippen LogP contribution in [-0.4, -0.2) is 40.9 Å². The molecule has 0 aromatic heterocycles. The van der Waals surface area contributed by atoms with Crippen molar-refractivity contribution in [3.05, 3.63) is 71.8 Å². The zero-order valence-electron chi connectivity index (χ0n) is 17.5. The van der Waals surface area contributed by atoms with Gasteiger partial charge in [-0.2, -0.15) is 11.8 Å². The minimum Gasteiger partial charge on any atom is -0.459 e. The molecule has 0 heterocycles. The lowest BCUT2D eigenvalue weighted by molar-refractivity contribution is -0.148. The monoisotopic (exact) mass is 428 g/mol. The van der Waals surface area contributed by atoms with Crippen molar-refractivity contribution in [2.24, 2.45) is 0 Å². The number of nitrogens with one attached hydrogen (secondary N) is 2. The molecule has 0 fully saturated rings. The number of esters is 1. The molecule has 0 aliphatic carbocycles. The second-order valence-corrected chi connectivity index (χ2v) is 9.53. The molecule has 2 amide bonds. The van der Waals surface area contributed by atoms with Gasteiger partial charge in [-0.1, -0.05) is 69.3 Å². The number of carbonyl (C=O) groups excluding carboxylic acids is 3. The molecule has 0 aliphatic rings. The molecule has 0 unspecified atom stereocenters. The number of carbonyl (C=O) groups is 3. The first kappa shape index (κ1) is 23.5. The third-order valence-electron chi connectivity index (χ3n) is 3.97. The fourth-order valence-corrected chi connectivity index (χ4v) is 3.31. The van der Waals surface area contributed by atoms with Crippen LogP contribution in [0.3, 0.4) is 0 Å². The lowest BCUT2D eigenvalue weighted by Gasteiger charge is -2.23. The summed E-state index contributed by atoms with van der Waals surface area (Å²) in [5.41, 5.74) is 1.34. The summed E-state index contributed by atoms with van der Waals surface area (Å²) >= 11 is 1.55. The normalized spacial score (nSPS) is 12.0. The molecule has 2 aromatic rings. The van der Waals surface area contributed by atoms with Gasteiger partial charge in [0.1, 0.15) is 12.6 Å². The number of benzene rings is 2. The van der Waals surface area contributed by atoms with Gasteiger partial charge in [0.05, 0.1) is 6.54 Å². The van der Waals surface area contributed by atoms with Gasteiger partial charge in [0.15, 0.2) is 0 Å². The number of hydrogen-bond donors (Lipinski definition) is 2. The van der Waals surface area contributed by atoms with Crippen LogP contribution in [0.2, 0.25) is 0 Å². The molecule has 160 valence electrons. The smallest absolute Gasteiger partial charge is 0.329 e. The number of hydrogen-bond acceptors (Lipinski definition) is 5. The molecule has 2 N–H and O–H groups in total. The van der Waals surface area contributed by atoms with Crippen LogP contribution < -0.4 is 10.6 Å². The Balaban J connectivity index is 1.91. The Morgan fingerprint density at radius 1 is 0.967 bits per heavy atom. The Morgan fingerprint density at radius 3 is 2.17 bits per heavy atom. The average Bonchev–Trinajstić information content (AvgIpc) is 2.74. The van der Waals surface area contributed by atoms with E-state index >= 15 is 0 Å². The van der Waals surface area contributed by atoms with Crippen molar-refractivity contribution in [2.45, 2.75) is 38.2 Å². The van der Waals surface area contributed by atoms with Gasteiger partial charge in [-0.25, -0.2) is 4.79 Å². The molecule has 7 heteroatoms. The summed E-state index contributed by atoms with van der Waals surface area (Å²) in [4.78, 5) is 37.0. The highest BCUT2D eigenvalue weighted by molar-refractivity contribution is 8.00. The van der Waals surface area contributed by atoms with Gasteiger partial charge in [0.2, 0.25) is 5.91 Å². The van der Waals surface area contributed by atoms with E-state index in [1.165, 1.54) is 0 Å². The molecule has 30 heavy (non-hydrogen) atoms. The van der Waals surface area contributed by atoms with Gasteiger partial charge in [0, 0.05) is 16.1 Å². The lowest BCUT2D eigenvalue weighted by atomic mass is 10.2. The van der Waals surface area contributed by atoms with Gasteiger partial charge in [0.25, 0.3) is 5.91 Å². The zero-order valence-corrected chi connectivity index (χ0v) is 18.3. The van der Waals surface area contributed by atoms with E-state index < -0.39 is 17.9 Å². The van der Waals surface area contributed by atoms with Crippen LogP contribution in [0, 0.1) is 0 Å². The van der Waals surface area contributed by atoms with Crippen LogP contribution in [-0.2, 0) is 20.9 Å². The maximum absolute atomic E-state index is 12.6. The van der Waals surface area contributed by atoms with Gasteiger partial charge >= 0.3 is 5.97 Å². The summed E-state index contributed by atoms with van der Waals surface area (Å²) in [5.74, 6) is -0.929. The first-order valence-corrected chi connectivity index (χ1v) is 10.7. The third kappa shape index (κ3) is 8.69. The molecule has 0 bridgehead atoms. The maximum Gasteiger partial charge on any atom is 0.329 e. The summed E-state index contributed by atoms with van der Waals surface area (Å²) in [7, 11) is 0. The first-order valence-electron chi connectivity index (χ1n) is 9.72. The zero-order chi connectivity index (χ0) is 22.0. The number of thioether (sulfide) groups is 1. The summed E-state index contributed by atoms with van der Waals surface area (Å²) in [6, 6.07) is 17.2. The summed E-state index contributed by atoms with van der Waals surface area (Å²) in [6.07, 6.45) is 0. The van der Waals surface area contributed by atoms with Crippen LogP contribution in [0.1, 0.15) is 36.7 Å². The predicted octanol–water partition coefficient (Wildman–Crippen LogP) is 3.18. The SMILES string of the molecule is CC(C)(C)SC[C@H](NC(=O)CNC(=O)c1ccccc1)C(=O)OCc1ccccc1. The van der Waals surface area contributed by atoms with E-state index in [9.17, 15) is 14.4 Å².